The summed E-state index contributed by atoms with van der Waals surface area (Å²) < 4.78 is 33.3. The van der Waals surface area contributed by atoms with Crippen molar-refractivity contribution in [2.24, 2.45) is 5.73 Å². The molecule has 1 aliphatic heterocycles. The zero-order valence-corrected chi connectivity index (χ0v) is 15.8. The molecule has 5 heteroatoms. The summed E-state index contributed by atoms with van der Waals surface area (Å²) in [7, 11) is -3.94. The molecule has 4 nitrogen and oxygen atoms in total. The number of rotatable bonds is 4. The number of sulfone groups is 1. The molecule has 0 spiro atoms. The number of fused-ring (bicyclic) bond motifs is 1. The Hall–Kier alpha value is -2.47. The van der Waals surface area contributed by atoms with Crippen LogP contribution in [0.4, 0.5) is 0 Å². The Bertz CT molecular complexity index is 1110. The van der Waals surface area contributed by atoms with Crippen LogP contribution in [0, 0.1) is 6.92 Å². The molecule has 1 aliphatic rings. The molecule has 0 saturated carbocycles. The third-order valence-electron chi connectivity index (χ3n) is 5.09. The third-order valence-corrected chi connectivity index (χ3v) is 7.33. The van der Waals surface area contributed by atoms with Crippen LogP contribution in [0.15, 0.2) is 83.8 Å². The van der Waals surface area contributed by atoms with E-state index >= 15 is 0 Å². The number of hydrogen-bond acceptors (Lipinski definition) is 4. The molecule has 0 saturated heterocycles. The smallest absolute Gasteiger partial charge is 0.204 e. The Labute approximate surface area is 159 Å². The van der Waals surface area contributed by atoms with Gasteiger partial charge >= 0.3 is 0 Å². The van der Waals surface area contributed by atoms with Crippen molar-refractivity contribution in [1.29, 1.82) is 0 Å². The third kappa shape index (κ3) is 2.79. The van der Waals surface area contributed by atoms with Crippen LogP contribution in [0.5, 0.6) is 0 Å². The Balaban J connectivity index is 2.01. The van der Waals surface area contributed by atoms with Crippen molar-refractivity contribution in [3.8, 4) is 0 Å². The van der Waals surface area contributed by atoms with E-state index in [1.807, 2.05) is 49.4 Å². The molecular weight excluding hydrogens is 358 g/mol. The van der Waals surface area contributed by atoms with E-state index < -0.39 is 20.8 Å². The maximum Gasteiger partial charge on any atom is 0.204 e. The summed E-state index contributed by atoms with van der Waals surface area (Å²) in [5.41, 5.74) is 8.30. The second-order valence-electron chi connectivity index (χ2n) is 6.82. The van der Waals surface area contributed by atoms with Gasteiger partial charge in [-0.2, -0.15) is 0 Å². The van der Waals surface area contributed by atoms with Gasteiger partial charge in [-0.1, -0.05) is 72.3 Å². The van der Waals surface area contributed by atoms with Gasteiger partial charge in [0.05, 0.1) is 11.5 Å². The van der Waals surface area contributed by atoms with Crippen LogP contribution in [0.2, 0.25) is 0 Å². The molecule has 1 heterocycles. The summed E-state index contributed by atoms with van der Waals surface area (Å²) >= 11 is 0. The van der Waals surface area contributed by atoms with E-state index in [4.69, 9.17) is 10.5 Å². The maximum absolute atomic E-state index is 13.8. The highest BCUT2D eigenvalue weighted by atomic mass is 32.2. The van der Waals surface area contributed by atoms with Crippen LogP contribution in [0.3, 0.4) is 0 Å². The van der Waals surface area contributed by atoms with E-state index in [1.54, 1.807) is 36.4 Å². The minimum absolute atomic E-state index is 0.187. The van der Waals surface area contributed by atoms with Gasteiger partial charge in [-0.05, 0) is 35.4 Å². The van der Waals surface area contributed by atoms with Crippen LogP contribution in [-0.2, 0) is 19.4 Å². The molecule has 0 bridgehead atoms. The van der Waals surface area contributed by atoms with Crippen LogP contribution in [0.25, 0.3) is 10.8 Å². The van der Waals surface area contributed by atoms with E-state index in [1.165, 1.54) is 0 Å². The fraction of sp³-hybridized carbons (Fsp3) is 0.182. The highest BCUT2D eigenvalue weighted by Gasteiger charge is 2.50. The fourth-order valence-electron chi connectivity index (χ4n) is 3.59. The van der Waals surface area contributed by atoms with Crippen LogP contribution in [0.1, 0.15) is 11.1 Å². The Morgan fingerprint density at radius 1 is 1.00 bits per heavy atom. The lowest BCUT2D eigenvalue weighted by Crippen LogP contribution is -2.53. The molecule has 2 N–H and O–H groups in total. The van der Waals surface area contributed by atoms with Gasteiger partial charge in [0.2, 0.25) is 9.84 Å². The molecule has 0 aromatic heterocycles. The summed E-state index contributed by atoms with van der Waals surface area (Å²) in [5.74, 6) is 0. The number of aryl methyl sites for hydroxylation is 1. The first-order valence-electron chi connectivity index (χ1n) is 8.81. The van der Waals surface area contributed by atoms with Crippen molar-refractivity contribution in [1.82, 2.24) is 0 Å². The second kappa shape index (κ2) is 6.60. The van der Waals surface area contributed by atoms with Gasteiger partial charge < -0.3 is 10.5 Å². The number of benzene rings is 3. The first-order valence-corrected chi connectivity index (χ1v) is 10.3. The predicted octanol–water partition coefficient (Wildman–Crippen LogP) is 3.69. The van der Waals surface area contributed by atoms with Gasteiger partial charge in [-0.15, -0.1) is 0 Å². The van der Waals surface area contributed by atoms with E-state index in [0.29, 0.717) is 12.2 Å². The quantitative estimate of drug-likeness (QED) is 0.702. The van der Waals surface area contributed by atoms with Gasteiger partial charge in [-0.3, -0.25) is 0 Å². The minimum Gasteiger partial charge on any atom is -0.367 e. The van der Waals surface area contributed by atoms with Gasteiger partial charge in [0.1, 0.15) is 6.10 Å². The summed E-state index contributed by atoms with van der Waals surface area (Å²) in [6, 6.07) is 20.0. The number of nitrogens with two attached hydrogens (primary N) is 1. The van der Waals surface area contributed by atoms with Crippen molar-refractivity contribution < 1.29 is 13.2 Å². The van der Waals surface area contributed by atoms with Crippen molar-refractivity contribution in [3.05, 3.63) is 90.0 Å². The van der Waals surface area contributed by atoms with Gasteiger partial charge in [0.15, 0.2) is 4.87 Å². The van der Waals surface area contributed by atoms with Crippen molar-refractivity contribution in [2.45, 2.75) is 22.8 Å². The van der Waals surface area contributed by atoms with E-state index in [9.17, 15) is 8.42 Å². The van der Waals surface area contributed by atoms with Gasteiger partial charge in [0, 0.05) is 0 Å². The molecule has 0 aliphatic carbocycles. The molecule has 0 amide bonds. The van der Waals surface area contributed by atoms with Crippen LogP contribution >= 0.6 is 0 Å². The molecule has 138 valence electrons. The predicted molar refractivity (Wildman–Crippen MR) is 107 cm³/mol. The summed E-state index contributed by atoms with van der Waals surface area (Å²) in [4.78, 5) is -1.55. The molecule has 2 atom stereocenters. The molecule has 0 unspecified atom stereocenters. The minimum atomic E-state index is -3.94. The lowest BCUT2D eigenvalue weighted by molar-refractivity contribution is 0.0931. The average Bonchev–Trinajstić information content (AvgIpc) is 3.22. The second-order valence-corrected chi connectivity index (χ2v) is 8.97. The zero-order valence-electron chi connectivity index (χ0n) is 15.0. The van der Waals surface area contributed by atoms with Gasteiger partial charge in [-0.25, -0.2) is 8.42 Å². The first-order chi connectivity index (χ1) is 12.9. The topological polar surface area (TPSA) is 69.4 Å². The Morgan fingerprint density at radius 3 is 2.41 bits per heavy atom. The van der Waals surface area contributed by atoms with Crippen molar-refractivity contribution in [2.75, 3.05) is 6.61 Å². The molecule has 3 aromatic rings. The van der Waals surface area contributed by atoms with E-state index in [2.05, 4.69) is 0 Å². The SMILES string of the molecule is Cc1ccc(S(=O)(=O)[C@@](N)(c2cccc3ccccc23)[C@H]2C=CCO2)cc1. The normalized spacial score (nSPS) is 19.3. The summed E-state index contributed by atoms with van der Waals surface area (Å²) in [5, 5.41) is 1.74. The highest BCUT2D eigenvalue weighted by molar-refractivity contribution is 7.92. The molecule has 4 rings (SSSR count). The standard InChI is InChI=1S/C22H21NO3S/c1-16-11-13-18(14-12-16)27(24,25)22(23,21-10-5-15-26-21)20-9-4-7-17-6-2-3-8-19(17)20/h2-14,21H,15,23H2,1H3/t21-,22+/m1/s1. The maximum atomic E-state index is 13.8. The molecule has 0 radical (unpaired) electrons. The van der Waals surface area contributed by atoms with E-state index in [0.717, 1.165) is 16.3 Å². The summed E-state index contributed by atoms with van der Waals surface area (Å²) in [6.45, 7) is 2.26. The molecule has 0 fully saturated rings. The van der Waals surface area contributed by atoms with Crippen molar-refractivity contribution in [3.63, 3.8) is 0 Å². The molecule has 27 heavy (non-hydrogen) atoms. The summed E-state index contributed by atoms with van der Waals surface area (Å²) in [6.07, 6.45) is 2.78. The van der Waals surface area contributed by atoms with Crippen LogP contribution < -0.4 is 5.73 Å². The molecule has 3 aromatic carbocycles. The average molecular weight is 379 g/mol. The van der Waals surface area contributed by atoms with Gasteiger partial charge in [0.25, 0.3) is 0 Å². The Morgan fingerprint density at radius 2 is 1.70 bits per heavy atom. The lowest BCUT2D eigenvalue weighted by atomic mass is 9.95. The van der Waals surface area contributed by atoms with Crippen molar-refractivity contribution >= 4 is 20.6 Å². The molecular formula is C22H21NO3S. The zero-order chi connectivity index (χ0) is 19.1. The van der Waals surface area contributed by atoms with E-state index in [-0.39, 0.29) is 4.90 Å². The highest BCUT2D eigenvalue weighted by Crippen LogP contribution is 2.40. The Kier molecular flexibility index (Phi) is 4.38. The monoisotopic (exact) mass is 379 g/mol. The lowest BCUT2D eigenvalue weighted by Gasteiger charge is -2.35. The van der Waals surface area contributed by atoms with Crippen LogP contribution in [-0.4, -0.2) is 21.1 Å². The first kappa shape index (κ1) is 17.9. The number of hydrogen-bond donors (Lipinski definition) is 1. The fourth-order valence-corrected chi connectivity index (χ4v) is 5.39. The number of ether oxygens (including phenoxy) is 1. The largest absolute Gasteiger partial charge is 0.367 e.